The molecule has 2 rings (SSSR count). The van der Waals surface area contributed by atoms with Gasteiger partial charge in [-0.05, 0) is 26.0 Å². The SMILES string of the molecule is Cc1n[nH]c(C)c1NC(=O)c1ccccc1NC(=O)C(F)(F)F. The standard InChI is InChI=1S/C14H13F3N4O2/c1-7-11(8(2)21-20-7)19-12(22)9-5-3-4-6-10(9)18-13(23)14(15,16)17/h3-6H,1-2H3,(H,18,23)(H,19,22)(H,20,21). The molecule has 0 aliphatic carbocycles. The lowest BCUT2D eigenvalue weighted by molar-refractivity contribution is -0.167. The molecule has 0 atom stereocenters. The van der Waals surface area contributed by atoms with Crippen molar-refractivity contribution >= 4 is 23.2 Å². The Morgan fingerprint density at radius 1 is 1.13 bits per heavy atom. The minimum absolute atomic E-state index is 0.0925. The normalized spacial score (nSPS) is 11.2. The molecular weight excluding hydrogens is 313 g/mol. The molecule has 0 spiro atoms. The van der Waals surface area contributed by atoms with Crippen LogP contribution in [0.4, 0.5) is 24.5 Å². The van der Waals surface area contributed by atoms with Crippen LogP contribution >= 0.6 is 0 Å². The summed E-state index contributed by atoms with van der Waals surface area (Å²) in [6.45, 7) is 3.35. The zero-order valence-corrected chi connectivity index (χ0v) is 12.2. The van der Waals surface area contributed by atoms with E-state index in [0.29, 0.717) is 17.1 Å². The molecule has 0 unspecified atom stereocenters. The van der Waals surface area contributed by atoms with Gasteiger partial charge in [-0.2, -0.15) is 18.3 Å². The van der Waals surface area contributed by atoms with Gasteiger partial charge in [0.1, 0.15) is 0 Å². The highest BCUT2D eigenvalue weighted by atomic mass is 19.4. The Hall–Kier alpha value is -2.84. The Kier molecular flexibility index (Phi) is 4.39. The fourth-order valence-electron chi connectivity index (χ4n) is 1.90. The van der Waals surface area contributed by atoms with E-state index in [1.54, 1.807) is 19.2 Å². The maximum Gasteiger partial charge on any atom is 0.471 e. The van der Waals surface area contributed by atoms with Crippen molar-refractivity contribution in [3.63, 3.8) is 0 Å². The van der Waals surface area contributed by atoms with E-state index in [1.165, 1.54) is 24.3 Å². The Labute approximate surface area is 129 Å². The third-order valence-corrected chi connectivity index (χ3v) is 3.04. The number of anilines is 2. The summed E-state index contributed by atoms with van der Waals surface area (Å²) in [5.41, 5.74) is 1.25. The maximum absolute atomic E-state index is 12.4. The van der Waals surface area contributed by atoms with Gasteiger partial charge >= 0.3 is 12.1 Å². The van der Waals surface area contributed by atoms with Crippen LogP contribution in [0.2, 0.25) is 0 Å². The fraction of sp³-hybridized carbons (Fsp3) is 0.214. The minimum atomic E-state index is -5.04. The van der Waals surface area contributed by atoms with Crippen LogP contribution in [0.15, 0.2) is 24.3 Å². The summed E-state index contributed by atoms with van der Waals surface area (Å²) in [5.74, 6) is -2.80. The van der Waals surface area contributed by atoms with E-state index in [4.69, 9.17) is 0 Å². The summed E-state index contributed by atoms with van der Waals surface area (Å²) >= 11 is 0. The third-order valence-electron chi connectivity index (χ3n) is 3.04. The highest BCUT2D eigenvalue weighted by Crippen LogP contribution is 2.23. The molecule has 1 aromatic heterocycles. The van der Waals surface area contributed by atoms with Crippen LogP contribution in [0.3, 0.4) is 0 Å². The van der Waals surface area contributed by atoms with Crippen molar-refractivity contribution in [3.8, 4) is 0 Å². The van der Waals surface area contributed by atoms with Crippen molar-refractivity contribution < 1.29 is 22.8 Å². The van der Waals surface area contributed by atoms with E-state index in [9.17, 15) is 22.8 Å². The summed E-state index contributed by atoms with van der Waals surface area (Å²) in [7, 11) is 0. The van der Waals surface area contributed by atoms with E-state index in [1.807, 2.05) is 0 Å². The molecule has 0 bridgehead atoms. The second-order valence-electron chi connectivity index (χ2n) is 4.76. The number of hydrogen-bond acceptors (Lipinski definition) is 3. The molecule has 2 amide bonds. The minimum Gasteiger partial charge on any atom is -0.319 e. The van der Waals surface area contributed by atoms with E-state index < -0.39 is 18.0 Å². The molecule has 1 aromatic carbocycles. The van der Waals surface area contributed by atoms with Gasteiger partial charge in [0.25, 0.3) is 5.91 Å². The Morgan fingerprint density at radius 3 is 2.35 bits per heavy atom. The highest BCUT2D eigenvalue weighted by Gasteiger charge is 2.39. The summed E-state index contributed by atoms with van der Waals surface area (Å²) < 4.78 is 37.1. The van der Waals surface area contributed by atoms with E-state index in [0.717, 1.165) is 0 Å². The Bertz CT molecular complexity index is 733. The number of amides is 2. The van der Waals surface area contributed by atoms with Crippen LogP contribution < -0.4 is 10.6 Å². The molecular formula is C14H13F3N4O2. The first-order valence-corrected chi connectivity index (χ1v) is 6.50. The summed E-state index contributed by atoms with van der Waals surface area (Å²) in [4.78, 5) is 23.3. The first-order chi connectivity index (χ1) is 10.7. The lowest BCUT2D eigenvalue weighted by Crippen LogP contribution is -2.31. The number of benzene rings is 1. The van der Waals surface area contributed by atoms with Crippen molar-refractivity contribution in [1.29, 1.82) is 0 Å². The van der Waals surface area contributed by atoms with E-state index in [-0.39, 0.29) is 11.3 Å². The number of para-hydroxylation sites is 1. The monoisotopic (exact) mass is 326 g/mol. The number of aromatic amines is 1. The number of hydrogen-bond donors (Lipinski definition) is 3. The quantitative estimate of drug-likeness (QED) is 0.810. The van der Waals surface area contributed by atoms with Crippen LogP contribution in [0.25, 0.3) is 0 Å². The van der Waals surface area contributed by atoms with Crippen LogP contribution in [0.5, 0.6) is 0 Å². The highest BCUT2D eigenvalue weighted by molar-refractivity contribution is 6.10. The molecule has 9 heteroatoms. The molecule has 6 nitrogen and oxygen atoms in total. The Morgan fingerprint density at radius 2 is 1.78 bits per heavy atom. The summed E-state index contributed by atoms with van der Waals surface area (Å²) in [6.07, 6.45) is -5.04. The molecule has 0 fully saturated rings. The molecule has 0 saturated carbocycles. The van der Waals surface area contributed by atoms with Gasteiger partial charge in [0.05, 0.1) is 28.3 Å². The molecule has 3 N–H and O–H groups in total. The third kappa shape index (κ3) is 3.68. The van der Waals surface area contributed by atoms with Gasteiger partial charge in [0.15, 0.2) is 0 Å². The number of aromatic nitrogens is 2. The first-order valence-electron chi connectivity index (χ1n) is 6.50. The van der Waals surface area contributed by atoms with Gasteiger partial charge in [0.2, 0.25) is 0 Å². The number of nitrogens with zero attached hydrogens (tertiary/aromatic N) is 1. The molecule has 1 heterocycles. The smallest absolute Gasteiger partial charge is 0.319 e. The predicted octanol–water partition coefficient (Wildman–Crippen LogP) is 2.78. The molecule has 0 radical (unpaired) electrons. The van der Waals surface area contributed by atoms with Crippen LogP contribution in [-0.2, 0) is 4.79 Å². The number of H-pyrrole nitrogens is 1. The molecule has 0 aliphatic rings. The van der Waals surface area contributed by atoms with Gasteiger partial charge in [-0.3, -0.25) is 14.7 Å². The van der Waals surface area contributed by atoms with E-state index >= 15 is 0 Å². The summed E-state index contributed by atoms with van der Waals surface area (Å²) in [6, 6.07) is 5.42. The number of alkyl halides is 3. The maximum atomic E-state index is 12.4. The average Bonchev–Trinajstić information content (AvgIpc) is 2.78. The number of carbonyl (C=O) groups is 2. The second kappa shape index (κ2) is 6.11. The van der Waals surface area contributed by atoms with Crippen molar-refractivity contribution in [2.24, 2.45) is 0 Å². The molecule has 2 aromatic rings. The van der Waals surface area contributed by atoms with Crippen LogP contribution in [0.1, 0.15) is 21.7 Å². The van der Waals surface area contributed by atoms with Gasteiger partial charge in [-0.25, -0.2) is 0 Å². The summed E-state index contributed by atoms with van der Waals surface area (Å²) in [5, 5.41) is 10.8. The van der Waals surface area contributed by atoms with Gasteiger partial charge < -0.3 is 10.6 Å². The van der Waals surface area contributed by atoms with Gasteiger partial charge in [-0.1, -0.05) is 12.1 Å². The topological polar surface area (TPSA) is 86.9 Å². The number of nitrogens with one attached hydrogen (secondary N) is 3. The second-order valence-corrected chi connectivity index (χ2v) is 4.76. The average molecular weight is 326 g/mol. The van der Waals surface area contributed by atoms with Gasteiger partial charge in [0, 0.05) is 0 Å². The molecule has 23 heavy (non-hydrogen) atoms. The lowest BCUT2D eigenvalue weighted by Gasteiger charge is -2.12. The largest absolute Gasteiger partial charge is 0.471 e. The van der Waals surface area contributed by atoms with Crippen molar-refractivity contribution in [2.75, 3.05) is 10.6 Å². The van der Waals surface area contributed by atoms with Crippen molar-refractivity contribution in [3.05, 3.63) is 41.2 Å². The zero-order chi connectivity index (χ0) is 17.2. The Balaban J connectivity index is 2.26. The lowest BCUT2D eigenvalue weighted by atomic mass is 10.1. The molecule has 0 saturated heterocycles. The zero-order valence-electron chi connectivity index (χ0n) is 12.2. The number of aryl methyl sites for hydroxylation is 2. The van der Waals surface area contributed by atoms with Gasteiger partial charge in [-0.15, -0.1) is 0 Å². The van der Waals surface area contributed by atoms with Crippen LogP contribution in [-0.4, -0.2) is 28.2 Å². The molecule has 0 aliphatic heterocycles. The predicted molar refractivity (Wildman–Crippen MR) is 77.1 cm³/mol. The molecule has 122 valence electrons. The first kappa shape index (κ1) is 16.5. The number of rotatable bonds is 3. The number of carbonyl (C=O) groups excluding carboxylic acids is 2. The van der Waals surface area contributed by atoms with Crippen molar-refractivity contribution in [2.45, 2.75) is 20.0 Å². The fourth-order valence-corrected chi connectivity index (χ4v) is 1.90. The van der Waals surface area contributed by atoms with Crippen LogP contribution in [0, 0.1) is 13.8 Å². The van der Waals surface area contributed by atoms with Crippen molar-refractivity contribution in [1.82, 2.24) is 10.2 Å². The number of halogens is 3. The van der Waals surface area contributed by atoms with E-state index in [2.05, 4.69) is 15.5 Å².